The van der Waals surface area contributed by atoms with E-state index in [4.69, 9.17) is 4.42 Å². The maximum Gasteiger partial charge on any atom is 0.126 e. The van der Waals surface area contributed by atoms with Gasteiger partial charge in [-0.2, -0.15) is 0 Å². The van der Waals surface area contributed by atoms with Crippen LogP contribution in [0.3, 0.4) is 0 Å². The Morgan fingerprint density at radius 1 is 1.40 bits per heavy atom. The minimum absolute atomic E-state index is 0.414. The van der Waals surface area contributed by atoms with Gasteiger partial charge in [-0.05, 0) is 36.6 Å². The van der Waals surface area contributed by atoms with Crippen molar-refractivity contribution in [2.75, 3.05) is 13.1 Å². The molecule has 0 radical (unpaired) electrons. The number of furan rings is 1. The molecule has 2 nitrogen and oxygen atoms in total. The van der Waals surface area contributed by atoms with Crippen LogP contribution in [-0.4, -0.2) is 13.1 Å². The molecule has 0 amide bonds. The Morgan fingerprint density at radius 3 is 2.80 bits per heavy atom. The van der Waals surface area contributed by atoms with Crippen molar-refractivity contribution in [1.82, 2.24) is 5.32 Å². The van der Waals surface area contributed by atoms with E-state index >= 15 is 0 Å². The highest BCUT2D eigenvalue weighted by Gasteiger charge is 2.07. The highest BCUT2D eigenvalue weighted by atomic mass is 16.3. The third kappa shape index (κ3) is 6.13. The van der Waals surface area contributed by atoms with Crippen LogP contribution in [0.5, 0.6) is 0 Å². The Hall–Kier alpha value is -1.02. The lowest BCUT2D eigenvalue weighted by Crippen LogP contribution is -2.20. The van der Waals surface area contributed by atoms with E-state index in [2.05, 4.69) is 32.2 Å². The SMILES string of the molecule is CC(C)(C)CCNC/C=C/c1ccco1. The topological polar surface area (TPSA) is 25.2 Å². The second-order valence-electron chi connectivity index (χ2n) is 4.93. The van der Waals surface area contributed by atoms with E-state index < -0.39 is 0 Å². The molecule has 0 atom stereocenters. The van der Waals surface area contributed by atoms with Crippen LogP contribution in [0.1, 0.15) is 33.0 Å². The zero-order valence-corrected chi connectivity index (χ0v) is 9.92. The first-order valence-corrected chi connectivity index (χ1v) is 5.49. The summed E-state index contributed by atoms with van der Waals surface area (Å²) in [5.74, 6) is 0.910. The molecule has 15 heavy (non-hydrogen) atoms. The molecule has 1 aromatic rings. The van der Waals surface area contributed by atoms with Gasteiger partial charge in [0, 0.05) is 6.54 Å². The van der Waals surface area contributed by atoms with Crippen LogP contribution in [0, 0.1) is 5.41 Å². The molecule has 0 bridgehead atoms. The summed E-state index contributed by atoms with van der Waals surface area (Å²) in [5, 5.41) is 3.38. The molecule has 84 valence electrons. The number of rotatable bonds is 5. The summed E-state index contributed by atoms with van der Waals surface area (Å²) in [6.45, 7) is 8.73. The molecule has 0 saturated carbocycles. The summed E-state index contributed by atoms with van der Waals surface area (Å²) in [4.78, 5) is 0. The minimum atomic E-state index is 0.414. The van der Waals surface area contributed by atoms with Gasteiger partial charge in [0.25, 0.3) is 0 Å². The average molecular weight is 207 g/mol. The fourth-order valence-corrected chi connectivity index (χ4v) is 1.21. The normalized spacial score (nSPS) is 12.5. The molecule has 0 spiro atoms. The maximum atomic E-state index is 5.18. The Bertz CT molecular complexity index is 280. The summed E-state index contributed by atoms with van der Waals surface area (Å²) >= 11 is 0. The first-order valence-electron chi connectivity index (χ1n) is 5.49. The van der Waals surface area contributed by atoms with Gasteiger partial charge in [-0.25, -0.2) is 0 Å². The van der Waals surface area contributed by atoms with Crippen molar-refractivity contribution in [1.29, 1.82) is 0 Å². The van der Waals surface area contributed by atoms with E-state index in [1.807, 2.05) is 18.2 Å². The Kier molecular flexibility index (Phi) is 4.63. The van der Waals surface area contributed by atoms with E-state index in [1.54, 1.807) is 6.26 Å². The molecule has 2 heteroatoms. The van der Waals surface area contributed by atoms with Gasteiger partial charge in [0.15, 0.2) is 0 Å². The van der Waals surface area contributed by atoms with Gasteiger partial charge in [-0.1, -0.05) is 26.8 Å². The molecule has 0 aliphatic rings. The van der Waals surface area contributed by atoms with Crippen LogP contribution in [-0.2, 0) is 0 Å². The highest BCUT2D eigenvalue weighted by Crippen LogP contribution is 2.16. The summed E-state index contributed by atoms with van der Waals surface area (Å²) < 4.78 is 5.18. The van der Waals surface area contributed by atoms with Crippen LogP contribution >= 0.6 is 0 Å². The Morgan fingerprint density at radius 2 is 2.20 bits per heavy atom. The van der Waals surface area contributed by atoms with E-state index in [1.165, 1.54) is 6.42 Å². The average Bonchev–Trinajstić information content (AvgIpc) is 2.61. The van der Waals surface area contributed by atoms with Gasteiger partial charge in [0.2, 0.25) is 0 Å². The van der Waals surface area contributed by atoms with E-state index in [-0.39, 0.29) is 0 Å². The van der Waals surface area contributed by atoms with E-state index in [0.29, 0.717) is 5.41 Å². The van der Waals surface area contributed by atoms with Crippen molar-refractivity contribution in [3.63, 3.8) is 0 Å². The lowest BCUT2D eigenvalue weighted by molar-refractivity contribution is 0.370. The third-order valence-corrected chi connectivity index (χ3v) is 2.14. The lowest BCUT2D eigenvalue weighted by Gasteiger charge is -2.17. The summed E-state index contributed by atoms with van der Waals surface area (Å²) in [6.07, 6.45) is 6.96. The van der Waals surface area contributed by atoms with Gasteiger partial charge in [-0.3, -0.25) is 0 Å². The zero-order chi connectivity index (χ0) is 11.1. The predicted octanol–water partition coefficient (Wildman–Crippen LogP) is 3.32. The molecule has 1 rings (SSSR count). The van der Waals surface area contributed by atoms with E-state index in [9.17, 15) is 0 Å². The van der Waals surface area contributed by atoms with Gasteiger partial charge >= 0.3 is 0 Å². The largest absolute Gasteiger partial charge is 0.465 e. The fraction of sp³-hybridized carbons (Fsp3) is 0.538. The molecule has 1 N–H and O–H groups in total. The summed E-state index contributed by atoms with van der Waals surface area (Å²) in [7, 11) is 0. The summed E-state index contributed by atoms with van der Waals surface area (Å²) in [6, 6.07) is 3.85. The van der Waals surface area contributed by atoms with E-state index in [0.717, 1.165) is 18.8 Å². The lowest BCUT2D eigenvalue weighted by atomic mass is 9.92. The third-order valence-electron chi connectivity index (χ3n) is 2.14. The van der Waals surface area contributed by atoms with Crippen LogP contribution in [0.25, 0.3) is 6.08 Å². The fourth-order valence-electron chi connectivity index (χ4n) is 1.21. The smallest absolute Gasteiger partial charge is 0.126 e. The highest BCUT2D eigenvalue weighted by molar-refractivity contribution is 5.42. The quantitative estimate of drug-likeness (QED) is 0.749. The van der Waals surface area contributed by atoms with Crippen LogP contribution in [0.15, 0.2) is 28.9 Å². The molecule has 0 aromatic carbocycles. The molecule has 0 saturated heterocycles. The molecule has 0 aliphatic heterocycles. The van der Waals surface area contributed by atoms with Crippen LogP contribution in [0.4, 0.5) is 0 Å². The molecule has 0 aliphatic carbocycles. The van der Waals surface area contributed by atoms with Crippen molar-refractivity contribution in [2.24, 2.45) is 5.41 Å². The number of hydrogen-bond acceptors (Lipinski definition) is 2. The van der Waals surface area contributed by atoms with Crippen LogP contribution < -0.4 is 5.32 Å². The molecular weight excluding hydrogens is 186 g/mol. The van der Waals surface area contributed by atoms with Gasteiger partial charge < -0.3 is 9.73 Å². The second-order valence-corrected chi connectivity index (χ2v) is 4.93. The summed E-state index contributed by atoms with van der Waals surface area (Å²) in [5.41, 5.74) is 0.414. The number of nitrogens with one attached hydrogen (secondary N) is 1. The first kappa shape index (κ1) is 12.1. The molecule has 1 aromatic heterocycles. The second kappa shape index (κ2) is 5.76. The van der Waals surface area contributed by atoms with Crippen molar-refractivity contribution in [3.05, 3.63) is 30.2 Å². The number of hydrogen-bond donors (Lipinski definition) is 1. The minimum Gasteiger partial charge on any atom is -0.465 e. The molecule has 0 fully saturated rings. The van der Waals surface area contributed by atoms with Crippen molar-refractivity contribution in [3.8, 4) is 0 Å². The molecule has 1 heterocycles. The standard InChI is InChI=1S/C13H21NO/c1-13(2,3)8-10-14-9-4-6-12-7-5-11-15-12/h4-7,11,14H,8-10H2,1-3H3/b6-4+. The zero-order valence-electron chi connectivity index (χ0n) is 9.92. The van der Waals surface area contributed by atoms with Crippen molar-refractivity contribution < 1.29 is 4.42 Å². The van der Waals surface area contributed by atoms with Gasteiger partial charge in [0.05, 0.1) is 6.26 Å². The monoisotopic (exact) mass is 207 g/mol. The van der Waals surface area contributed by atoms with Gasteiger partial charge in [-0.15, -0.1) is 0 Å². The van der Waals surface area contributed by atoms with Crippen LogP contribution in [0.2, 0.25) is 0 Å². The first-order chi connectivity index (χ1) is 7.08. The van der Waals surface area contributed by atoms with Crippen molar-refractivity contribution >= 4 is 6.08 Å². The Labute approximate surface area is 92.4 Å². The Balaban J connectivity index is 2.07. The predicted molar refractivity (Wildman–Crippen MR) is 64.7 cm³/mol. The maximum absolute atomic E-state index is 5.18. The van der Waals surface area contributed by atoms with Crippen molar-refractivity contribution in [2.45, 2.75) is 27.2 Å². The molecular formula is C13H21NO. The molecule has 0 unspecified atom stereocenters. The van der Waals surface area contributed by atoms with Gasteiger partial charge in [0.1, 0.15) is 5.76 Å².